The highest BCUT2D eigenvalue weighted by Crippen LogP contribution is 2.31. The Bertz CT molecular complexity index is 377. The van der Waals surface area contributed by atoms with Crippen LogP contribution in [-0.2, 0) is 0 Å². The molecule has 1 aliphatic rings. The molecule has 0 bridgehead atoms. The maximum Gasteiger partial charge on any atom is 0.149 e. The van der Waals surface area contributed by atoms with E-state index in [1.165, 1.54) is 12.8 Å². The van der Waals surface area contributed by atoms with Crippen LogP contribution in [0.5, 0.6) is 0 Å². The van der Waals surface area contributed by atoms with Gasteiger partial charge in [0.05, 0.1) is 5.69 Å². The highest BCUT2D eigenvalue weighted by Gasteiger charge is 2.30. The Morgan fingerprint density at radius 1 is 1.38 bits per heavy atom. The molecule has 2 atom stereocenters. The largest absolute Gasteiger partial charge is 0.396 e. The second-order valence-corrected chi connectivity index (χ2v) is 4.54. The van der Waals surface area contributed by atoms with Gasteiger partial charge in [0, 0.05) is 12.1 Å². The number of pyridine rings is 1. The van der Waals surface area contributed by atoms with Crippen molar-refractivity contribution in [3.05, 3.63) is 12.1 Å². The van der Waals surface area contributed by atoms with E-state index in [4.69, 9.17) is 11.5 Å². The van der Waals surface area contributed by atoms with Crippen LogP contribution in [0.4, 0.5) is 17.3 Å². The maximum absolute atomic E-state index is 5.76. The summed E-state index contributed by atoms with van der Waals surface area (Å²) >= 11 is 0. The lowest BCUT2D eigenvalue weighted by Crippen LogP contribution is -2.34. The molecule has 88 valence electrons. The first-order valence-corrected chi connectivity index (χ1v) is 5.93. The number of nitrogens with two attached hydrogens (primary N) is 2. The van der Waals surface area contributed by atoms with Gasteiger partial charge in [-0.15, -0.1) is 0 Å². The molecule has 1 aliphatic heterocycles. The van der Waals surface area contributed by atoms with Gasteiger partial charge in [-0.25, -0.2) is 4.98 Å². The lowest BCUT2D eigenvalue weighted by Gasteiger charge is -2.29. The molecule has 16 heavy (non-hydrogen) atoms. The zero-order valence-electron chi connectivity index (χ0n) is 9.98. The summed E-state index contributed by atoms with van der Waals surface area (Å²) in [5.74, 6) is 1.40. The summed E-state index contributed by atoms with van der Waals surface area (Å²) in [6.45, 7) is 4.46. The second kappa shape index (κ2) is 4.20. The Hall–Kier alpha value is -1.45. The topological polar surface area (TPSA) is 68.2 Å². The van der Waals surface area contributed by atoms with E-state index in [0.29, 0.717) is 23.6 Å². The van der Waals surface area contributed by atoms with Crippen molar-refractivity contribution in [2.24, 2.45) is 0 Å². The molecule has 1 fully saturated rings. The summed E-state index contributed by atoms with van der Waals surface area (Å²) < 4.78 is 0. The van der Waals surface area contributed by atoms with Crippen LogP contribution in [0.2, 0.25) is 0 Å². The van der Waals surface area contributed by atoms with E-state index >= 15 is 0 Å². The van der Waals surface area contributed by atoms with E-state index in [1.54, 1.807) is 0 Å². The number of hydrogen-bond acceptors (Lipinski definition) is 4. The van der Waals surface area contributed by atoms with Crippen molar-refractivity contribution < 1.29 is 0 Å². The van der Waals surface area contributed by atoms with Crippen LogP contribution >= 0.6 is 0 Å². The first-order valence-electron chi connectivity index (χ1n) is 5.93. The Kier molecular flexibility index (Phi) is 2.90. The standard InChI is InChI=1S/C12H20N4/c1-3-9-5-4-8(2)16(9)11-7-6-10(13)12(14)15-11/h6-9H,3-5,13H2,1-2H3,(H2,14,15). The summed E-state index contributed by atoms with van der Waals surface area (Å²) in [5, 5.41) is 0. The van der Waals surface area contributed by atoms with E-state index in [9.17, 15) is 0 Å². The molecule has 0 aromatic carbocycles. The Morgan fingerprint density at radius 3 is 2.75 bits per heavy atom. The van der Waals surface area contributed by atoms with Gasteiger partial charge in [-0.2, -0.15) is 0 Å². The number of rotatable bonds is 2. The Labute approximate surface area is 96.6 Å². The molecular formula is C12H20N4. The molecule has 0 aliphatic carbocycles. The molecule has 2 unspecified atom stereocenters. The van der Waals surface area contributed by atoms with Crippen molar-refractivity contribution in [3.63, 3.8) is 0 Å². The zero-order valence-corrected chi connectivity index (χ0v) is 9.98. The average molecular weight is 220 g/mol. The van der Waals surface area contributed by atoms with E-state index in [2.05, 4.69) is 23.7 Å². The van der Waals surface area contributed by atoms with Crippen LogP contribution < -0.4 is 16.4 Å². The van der Waals surface area contributed by atoms with Gasteiger partial charge < -0.3 is 16.4 Å². The van der Waals surface area contributed by atoms with Gasteiger partial charge in [-0.3, -0.25) is 0 Å². The smallest absolute Gasteiger partial charge is 0.149 e. The highest BCUT2D eigenvalue weighted by atomic mass is 15.3. The molecule has 1 aromatic heterocycles. The van der Waals surface area contributed by atoms with Crippen molar-refractivity contribution in [2.75, 3.05) is 16.4 Å². The monoisotopic (exact) mass is 220 g/mol. The van der Waals surface area contributed by atoms with Crippen LogP contribution in [0.25, 0.3) is 0 Å². The minimum Gasteiger partial charge on any atom is -0.396 e. The van der Waals surface area contributed by atoms with Crippen molar-refractivity contribution in [1.29, 1.82) is 0 Å². The predicted molar refractivity (Wildman–Crippen MR) is 68.3 cm³/mol. The molecule has 0 radical (unpaired) electrons. The number of nitrogen functional groups attached to an aromatic ring is 2. The van der Waals surface area contributed by atoms with Gasteiger partial charge in [0.1, 0.15) is 11.6 Å². The minimum absolute atomic E-state index is 0.437. The van der Waals surface area contributed by atoms with Crippen LogP contribution in [0.1, 0.15) is 33.1 Å². The maximum atomic E-state index is 5.76. The number of hydrogen-bond donors (Lipinski definition) is 2. The molecule has 4 heteroatoms. The fraction of sp³-hybridized carbons (Fsp3) is 0.583. The van der Waals surface area contributed by atoms with Gasteiger partial charge >= 0.3 is 0 Å². The van der Waals surface area contributed by atoms with Crippen LogP contribution in [0.15, 0.2) is 12.1 Å². The molecule has 0 amide bonds. The Balaban J connectivity index is 2.31. The van der Waals surface area contributed by atoms with Crippen LogP contribution in [0.3, 0.4) is 0 Å². The van der Waals surface area contributed by atoms with Crippen molar-refractivity contribution >= 4 is 17.3 Å². The second-order valence-electron chi connectivity index (χ2n) is 4.54. The fourth-order valence-corrected chi connectivity index (χ4v) is 2.50. The average Bonchev–Trinajstić information content (AvgIpc) is 2.64. The molecule has 4 N–H and O–H groups in total. The third kappa shape index (κ3) is 1.79. The number of nitrogens with zero attached hydrogens (tertiary/aromatic N) is 2. The summed E-state index contributed by atoms with van der Waals surface area (Å²) in [6, 6.07) is 4.94. The van der Waals surface area contributed by atoms with Gasteiger partial charge in [-0.1, -0.05) is 6.92 Å². The van der Waals surface area contributed by atoms with Gasteiger partial charge in [-0.05, 0) is 38.3 Å². The highest BCUT2D eigenvalue weighted by molar-refractivity contribution is 5.62. The number of aromatic nitrogens is 1. The summed E-state index contributed by atoms with van der Waals surface area (Å²) in [7, 11) is 0. The third-order valence-corrected chi connectivity index (χ3v) is 3.46. The van der Waals surface area contributed by atoms with Crippen molar-refractivity contribution in [3.8, 4) is 0 Å². The fourth-order valence-electron chi connectivity index (χ4n) is 2.50. The molecular weight excluding hydrogens is 200 g/mol. The molecule has 2 rings (SSSR count). The SMILES string of the molecule is CCC1CCC(C)N1c1ccc(N)c(N)n1. The van der Waals surface area contributed by atoms with Gasteiger partial charge in [0.25, 0.3) is 0 Å². The molecule has 4 nitrogen and oxygen atoms in total. The molecule has 1 saturated heterocycles. The summed E-state index contributed by atoms with van der Waals surface area (Å²) in [6.07, 6.45) is 3.62. The Morgan fingerprint density at radius 2 is 2.12 bits per heavy atom. The molecule has 0 saturated carbocycles. The first-order chi connectivity index (χ1) is 7.63. The van der Waals surface area contributed by atoms with Gasteiger partial charge in [0.2, 0.25) is 0 Å². The number of anilines is 3. The third-order valence-electron chi connectivity index (χ3n) is 3.46. The van der Waals surface area contributed by atoms with E-state index in [0.717, 1.165) is 12.2 Å². The van der Waals surface area contributed by atoms with Crippen LogP contribution in [0, 0.1) is 0 Å². The first kappa shape index (κ1) is 11.0. The lowest BCUT2D eigenvalue weighted by atomic mass is 10.1. The quantitative estimate of drug-likeness (QED) is 0.800. The van der Waals surface area contributed by atoms with E-state index in [1.807, 2.05) is 12.1 Å². The van der Waals surface area contributed by atoms with Crippen molar-refractivity contribution in [1.82, 2.24) is 4.98 Å². The molecule has 2 heterocycles. The van der Waals surface area contributed by atoms with Crippen molar-refractivity contribution in [2.45, 2.75) is 45.2 Å². The van der Waals surface area contributed by atoms with E-state index < -0.39 is 0 Å². The summed E-state index contributed by atoms with van der Waals surface area (Å²) in [5.41, 5.74) is 12.0. The predicted octanol–water partition coefficient (Wildman–Crippen LogP) is 2.01. The normalized spacial score (nSPS) is 25.0. The zero-order chi connectivity index (χ0) is 11.7. The lowest BCUT2D eigenvalue weighted by molar-refractivity contribution is 0.621. The molecule has 1 aromatic rings. The molecule has 0 spiro atoms. The minimum atomic E-state index is 0.437. The van der Waals surface area contributed by atoms with E-state index in [-0.39, 0.29) is 0 Å². The summed E-state index contributed by atoms with van der Waals surface area (Å²) in [4.78, 5) is 6.75. The van der Waals surface area contributed by atoms with Gasteiger partial charge in [0.15, 0.2) is 0 Å². The van der Waals surface area contributed by atoms with Crippen LogP contribution in [-0.4, -0.2) is 17.1 Å².